The summed E-state index contributed by atoms with van der Waals surface area (Å²) in [5, 5.41) is 7.25. The summed E-state index contributed by atoms with van der Waals surface area (Å²) < 4.78 is 48.1. The smallest absolute Gasteiger partial charge is 0.417 e. The number of ether oxygens (including phenoxy) is 1. The summed E-state index contributed by atoms with van der Waals surface area (Å²) in [6.07, 6.45) is -2.96. The van der Waals surface area contributed by atoms with E-state index in [1.165, 1.54) is 11.6 Å². The van der Waals surface area contributed by atoms with E-state index in [-0.39, 0.29) is 22.6 Å². The number of pyridine rings is 1. The van der Waals surface area contributed by atoms with Crippen LogP contribution in [0.4, 0.5) is 13.2 Å². The van der Waals surface area contributed by atoms with Crippen LogP contribution < -0.4 is 10.1 Å². The van der Waals surface area contributed by atoms with Gasteiger partial charge in [-0.1, -0.05) is 31.0 Å². The maximum Gasteiger partial charge on any atom is 0.417 e. The van der Waals surface area contributed by atoms with Gasteiger partial charge in [0.15, 0.2) is 12.3 Å². The molecule has 0 aliphatic rings. The van der Waals surface area contributed by atoms with Crippen molar-refractivity contribution in [3.8, 4) is 11.6 Å². The highest BCUT2D eigenvalue weighted by Gasteiger charge is 2.36. The molecule has 10 heteroatoms. The molecular formula is C21H22ClF3N4O2. The van der Waals surface area contributed by atoms with Crippen molar-refractivity contribution in [3.05, 3.63) is 46.1 Å². The van der Waals surface area contributed by atoms with Crippen LogP contribution in [0.25, 0.3) is 16.7 Å². The highest BCUT2D eigenvalue weighted by molar-refractivity contribution is 6.31. The van der Waals surface area contributed by atoms with Gasteiger partial charge in [-0.3, -0.25) is 4.79 Å². The second kappa shape index (κ2) is 9.13. The van der Waals surface area contributed by atoms with Crippen LogP contribution in [0.5, 0.6) is 5.88 Å². The average molecular weight is 455 g/mol. The fourth-order valence-electron chi connectivity index (χ4n) is 3.15. The Morgan fingerprint density at radius 1 is 1.29 bits per heavy atom. The topological polar surface area (TPSA) is 69.0 Å². The van der Waals surface area contributed by atoms with E-state index in [1.807, 2.05) is 6.92 Å². The molecule has 0 fully saturated rings. The third-order valence-electron chi connectivity index (χ3n) is 4.77. The molecule has 166 valence electrons. The Hall–Kier alpha value is -2.81. The van der Waals surface area contributed by atoms with E-state index in [1.54, 1.807) is 25.1 Å². The van der Waals surface area contributed by atoms with Crippen LogP contribution in [-0.2, 0) is 11.0 Å². The van der Waals surface area contributed by atoms with E-state index < -0.39 is 24.3 Å². The third-order valence-corrected chi connectivity index (χ3v) is 5.18. The van der Waals surface area contributed by atoms with E-state index in [0.29, 0.717) is 22.8 Å². The Morgan fingerprint density at radius 2 is 2.03 bits per heavy atom. The summed E-state index contributed by atoms with van der Waals surface area (Å²) in [6.45, 7) is 5.23. The van der Waals surface area contributed by atoms with Crippen molar-refractivity contribution >= 4 is 28.5 Å². The van der Waals surface area contributed by atoms with Crippen LogP contribution in [0, 0.1) is 13.8 Å². The van der Waals surface area contributed by atoms with E-state index in [0.717, 1.165) is 18.9 Å². The second-order valence-corrected chi connectivity index (χ2v) is 7.48. The number of alkyl halides is 3. The van der Waals surface area contributed by atoms with Crippen molar-refractivity contribution in [1.82, 2.24) is 20.1 Å². The first-order valence-electron chi connectivity index (χ1n) is 9.76. The zero-order valence-corrected chi connectivity index (χ0v) is 18.1. The number of aromatic nitrogens is 3. The highest BCUT2D eigenvalue weighted by atomic mass is 35.5. The van der Waals surface area contributed by atoms with Gasteiger partial charge in [0.05, 0.1) is 22.3 Å². The number of rotatable bonds is 7. The van der Waals surface area contributed by atoms with Gasteiger partial charge in [0.1, 0.15) is 0 Å². The summed E-state index contributed by atoms with van der Waals surface area (Å²) in [7, 11) is 0. The largest absolute Gasteiger partial charge is 0.467 e. The van der Waals surface area contributed by atoms with Crippen molar-refractivity contribution in [1.29, 1.82) is 0 Å². The number of fused-ring (bicyclic) bond motifs is 1. The van der Waals surface area contributed by atoms with E-state index in [2.05, 4.69) is 15.4 Å². The van der Waals surface area contributed by atoms with Crippen LogP contribution in [0.1, 0.15) is 36.6 Å². The van der Waals surface area contributed by atoms with E-state index in [9.17, 15) is 18.0 Å². The van der Waals surface area contributed by atoms with Gasteiger partial charge in [-0.2, -0.15) is 23.3 Å². The van der Waals surface area contributed by atoms with Crippen LogP contribution in [-0.4, -0.2) is 33.8 Å². The first-order valence-corrected chi connectivity index (χ1v) is 10.1. The number of hydrogen-bond donors (Lipinski definition) is 1. The van der Waals surface area contributed by atoms with Gasteiger partial charge in [-0.15, -0.1) is 0 Å². The summed E-state index contributed by atoms with van der Waals surface area (Å²) in [5.74, 6) is -0.745. The highest BCUT2D eigenvalue weighted by Crippen LogP contribution is 2.38. The van der Waals surface area contributed by atoms with Gasteiger partial charge in [0.25, 0.3) is 5.91 Å². The number of unbranched alkanes of at least 4 members (excludes halogenated alkanes) is 1. The van der Waals surface area contributed by atoms with E-state index in [4.69, 9.17) is 16.3 Å². The fourth-order valence-corrected chi connectivity index (χ4v) is 3.32. The normalized spacial score (nSPS) is 11.7. The number of nitrogens with one attached hydrogen (secondary N) is 1. The molecule has 3 rings (SSSR count). The number of aryl methyl sites for hydroxylation is 1. The molecule has 6 nitrogen and oxygen atoms in total. The van der Waals surface area contributed by atoms with Gasteiger partial charge in [-0.05, 0) is 38.0 Å². The van der Waals surface area contributed by atoms with Crippen molar-refractivity contribution in [2.45, 2.75) is 39.8 Å². The summed E-state index contributed by atoms with van der Waals surface area (Å²) in [6, 6.07) is 5.85. The molecular weight excluding hydrogens is 433 g/mol. The summed E-state index contributed by atoms with van der Waals surface area (Å²) >= 11 is 6.18. The van der Waals surface area contributed by atoms with Gasteiger partial charge in [0.2, 0.25) is 5.88 Å². The number of amides is 1. The lowest BCUT2D eigenvalue weighted by atomic mass is 10.1. The molecule has 0 aliphatic carbocycles. The molecule has 0 radical (unpaired) electrons. The van der Waals surface area contributed by atoms with Crippen molar-refractivity contribution in [3.63, 3.8) is 0 Å². The fraction of sp³-hybridized carbons (Fsp3) is 0.381. The van der Waals surface area contributed by atoms with Gasteiger partial charge in [-0.25, -0.2) is 4.68 Å². The number of carbonyl (C=O) groups excluding carboxylic acids is 1. The van der Waals surface area contributed by atoms with Crippen LogP contribution >= 0.6 is 11.6 Å². The molecule has 3 aromatic rings. The molecule has 0 saturated heterocycles. The van der Waals surface area contributed by atoms with Gasteiger partial charge in [0, 0.05) is 17.6 Å². The number of benzene rings is 1. The first kappa shape index (κ1) is 22.9. The zero-order valence-electron chi connectivity index (χ0n) is 17.3. The molecule has 0 saturated carbocycles. The Kier molecular flexibility index (Phi) is 6.74. The van der Waals surface area contributed by atoms with E-state index >= 15 is 0 Å². The lowest BCUT2D eigenvalue weighted by Crippen LogP contribution is -2.29. The quantitative estimate of drug-likeness (QED) is 0.510. The number of halogens is 4. The Labute approximate surface area is 182 Å². The molecule has 0 aliphatic heterocycles. The van der Waals surface area contributed by atoms with Crippen molar-refractivity contribution in [2.75, 3.05) is 13.2 Å². The summed E-state index contributed by atoms with van der Waals surface area (Å²) in [5.41, 5.74) is 0.352. The maximum atomic E-state index is 13.8. The minimum absolute atomic E-state index is 0.0286. The predicted octanol–water partition coefficient (Wildman–Crippen LogP) is 5.00. The lowest BCUT2D eigenvalue weighted by molar-refractivity contribution is -0.136. The first-order chi connectivity index (χ1) is 14.6. The molecule has 31 heavy (non-hydrogen) atoms. The number of carbonyl (C=O) groups is 1. The minimum Gasteiger partial charge on any atom is -0.467 e. The predicted molar refractivity (Wildman–Crippen MR) is 112 cm³/mol. The number of nitrogens with zero attached hydrogens (tertiary/aromatic N) is 3. The molecule has 1 aromatic carbocycles. The molecule has 0 spiro atoms. The monoisotopic (exact) mass is 454 g/mol. The van der Waals surface area contributed by atoms with Crippen molar-refractivity contribution < 1.29 is 22.7 Å². The summed E-state index contributed by atoms with van der Waals surface area (Å²) in [4.78, 5) is 16.1. The average Bonchev–Trinajstić information content (AvgIpc) is 3.03. The Balaban J connectivity index is 2.07. The standard InChI is InChI=1S/C21H22ClF3N4O2/c1-4-5-9-26-17(30)11-31-18-10-14(21(23,24)25)19-13(3)28-29(20(19)27-18)16-8-6-7-15(22)12(16)2/h6-8,10H,4-5,9,11H2,1-3H3,(H,26,30). The molecule has 1 amide bonds. The minimum atomic E-state index is -4.66. The third kappa shape index (κ3) is 4.92. The van der Waals surface area contributed by atoms with Gasteiger partial charge < -0.3 is 10.1 Å². The molecule has 0 bridgehead atoms. The SMILES string of the molecule is CCCCNC(=O)COc1cc(C(F)(F)F)c2c(C)nn(-c3cccc(Cl)c3C)c2n1. The Bertz CT molecular complexity index is 1110. The van der Waals surface area contributed by atoms with Crippen LogP contribution in [0.3, 0.4) is 0 Å². The zero-order chi connectivity index (χ0) is 22.8. The number of hydrogen-bond acceptors (Lipinski definition) is 4. The molecule has 1 N–H and O–H groups in total. The van der Waals surface area contributed by atoms with Crippen LogP contribution in [0.2, 0.25) is 5.02 Å². The lowest BCUT2D eigenvalue weighted by Gasteiger charge is -2.13. The molecule has 2 heterocycles. The van der Waals surface area contributed by atoms with Gasteiger partial charge >= 0.3 is 6.18 Å². The maximum absolute atomic E-state index is 13.8. The van der Waals surface area contributed by atoms with Crippen LogP contribution in [0.15, 0.2) is 24.3 Å². The molecule has 2 aromatic heterocycles. The Morgan fingerprint density at radius 3 is 2.71 bits per heavy atom. The van der Waals surface area contributed by atoms with Crippen molar-refractivity contribution in [2.24, 2.45) is 0 Å². The molecule has 0 atom stereocenters. The second-order valence-electron chi connectivity index (χ2n) is 7.08. The molecule has 0 unspecified atom stereocenters.